The van der Waals surface area contributed by atoms with Crippen LogP contribution in [0.15, 0.2) is 71.8 Å². The highest BCUT2D eigenvalue weighted by Gasteiger charge is 2.26. The van der Waals surface area contributed by atoms with E-state index in [4.69, 9.17) is 0 Å². The van der Waals surface area contributed by atoms with Crippen LogP contribution in [-0.2, 0) is 4.79 Å². The van der Waals surface area contributed by atoms with Crippen LogP contribution < -0.4 is 0 Å². The van der Waals surface area contributed by atoms with Gasteiger partial charge < -0.3 is 0 Å². The molecule has 2 aliphatic rings. The number of aliphatic imine (C=N–C) groups is 1. The highest BCUT2D eigenvalue weighted by molar-refractivity contribution is 6.09. The largest absolute Gasteiger partial charge is 0.269 e. The first kappa shape index (κ1) is 10.9. The third-order valence-corrected chi connectivity index (χ3v) is 3.29. The van der Waals surface area contributed by atoms with Crippen molar-refractivity contribution >= 4 is 11.6 Å². The molecule has 0 spiro atoms. The predicted molar refractivity (Wildman–Crippen MR) is 72.5 cm³/mol. The average Bonchev–Trinajstić information content (AvgIpc) is 2.58. The van der Waals surface area contributed by atoms with E-state index in [9.17, 15) is 4.79 Å². The van der Waals surface area contributed by atoms with E-state index in [-0.39, 0.29) is 17.7 Å². The summed E-state index contributed by atoms with van der Waals surface area (Å²) < 4.78 is 0. The van der Waals surface area contributed by atoms with Gasteiger partial charge in [-0.1, -0.05) is 54.6 Å². The summed E-state index contributed by atoms with van der Waals surface area (Å²) in [5, 5.41) is 0. The molecule has 0 aromatic heterocycles. The molecule has 1 heterocycles. The van der Waals surface area contributed by atoms with E-state index in [1.165, 1.54) is 5.56 Å². The Hall–Kier alpha value is -2.22. The number of hydrogen-bond acceptors (Lipinski definition) is 1. The van der Waals surface area contributed by atoms with Crippen molar-refractivity contribution in [1.29, 1.82) is 0 Å². The second kappa shape index (κ2) is 4.57. The molecule has 1 aliphatic carbocycles. The first-order valence-electron chi connectivity index (χ1n) is 6.05. The Bertz CT molecular complexity index is 578. The fourth-order valence-corrected chi connectivity index (χ4v) is 2.43. The smallest absolute Gasteiger partial charge is 0.267 e. The maximum atomic E-state index is 11.6. The van der Waals surface area contributed by atoms with E-state index in [0.29, 0.717) is 0 Å². The van der Waals surface area contributed by atoms with Gasteiger partial charge in [-0.3, -0.25) is 4.79 Å². The summed E-state index contributed by atoms with van der Waals surface area (Å²) >= 11 is 0. The van der Waals surface area contributed by atoms with Crippen LogP contribution in [-0.4, -0.2) is 11.6 Å². The molecule has 1 aromatic carbocycles. The molecule has 0 N–H and O–H groups in total. The van der Waals surface area contributed by atoms with Gasteiger partial charge in [0, 0.05) is 17.9 Å². The molecule has 2 unspecified atom stereocenters. The molecule has 88 valence electrons. The highest BCUT2D eigenvalue weighted by Crippen LogP contribution is 2.32. The van der Waals surface area contributed by atoms with Crippen molar-refractivity contribution in [2.24, 2.45) is 10.9 Å². The van der Waals surface area contributed by atoms with E-state index in [1.54, 1.807) is 6.08 Å². The molecule has 0 saturated carbocycles. The van der Waals surface area contributed by atoms with Gasteiger partial charge in [-0.05, 0) is 11.6 Å². The lowest BCUT2D eigenvalue weighted by Gasteiger charge is -2.22. The van der Waals surface area contributed by atoms with Gasteiger partial charge in [-0.2, -0.15) is 0 Å². The van der Waals surface area contributed by atoms with Crippen molar-refractivity contribution in [3.63, 3.8) is 0 Å². The molecule has 2 heteroatoms. The molecule has 18 heavy (non-hydrogen) atoms. The normalized spacial score (nSPS) is 25.6. The minimum atomic E-state index is -0.173. The van der Waals surface area contributed by atoms with Crippen LogP contribution in [0.5, 0.6) is 0 Å². The molecule has 1 aromatic rings. The van der Waals surface area contributed by atoms with Gasteiger partial charge >= 0.3 is 0 Å². The third-order valence-electron chi connectivity index (χ3n) is 3.29. The zero-order valence-corrected chi connectivity index (χ0v) is 9.86. The number of nitrogens with zero attached hydrogens (tertiary/aromatic N) is 1. The topological polar surface area (TPSA) is 29.4 Å². The lowest BCUT2D eigenvalue weighted by Crippen LogP contribution is -2.19. The molecule has 0 radical (unpaired) electrons. The number of amides is 1. The van der Waals surface area contributed by atoms with E-state index in [1.807, 2.05) is 42.5 Å². The van der Waals surface area contributed by atoms with Gasteiger partial charge in [0.25, 0.3) is 5.91 Å². The van der Waals surface area contributed by atoms with Gasteiger partial charge in [0.2, 0.25) is 0 Å². The molecular formula is C16H13NO. The fraction of sp³-hybridized carbons (Fsp3) is 0.125. The second-order valence-corrected chi connectivity index (χ2v) is 4.44. The van der Waals surface area contributed by atoms with Crippen molar-refractivity contribution < 1.29 is 4.79 Å². The standard InChI is InChI=1S/C16H13NO/c18-16-11-10-13(12-6-2-1-3-7-12)14-8-4-5-9-15(14)17-16/h1-11,13-14H. The number of fused-ring (bicyclic) bond motifs is 1. The maximum Gasteiger partial charge on any atom is 0.269 e. The molecule has 3 rings (SSSR count). The zero-order valence-electron chi connectivity index (χ0n) is 9.86. The molecule has 1 aliphatic heterocycles. The Kier molecular flexibility index (Phi) is 2.77. The van der Waals surface area contributed by atoms with Gasteiger partial charge in [0.1, 0.15) is 0 Å². The van der Waals surface area contributed by atoms with E-state index < -0.39 is 0 Å². The summed E-state index contributed by atoms with van der Waals surface area (Å²) in [5.41, 5.74) is 2.06. The first-order chi connectivity index (χ1) is 8.84. The number of allylic oxidation sites excluding steroid dienone is 5. The zero-order chi connectivity index (χ0) is 12.4. The lowest BCUT2D eigenvalue weighted by molar-refractivity contribution is -0.113. The molecule has 2 atom stereocenters. The van der Waals surface area contributed by atoms with Crippen molar-refractivity contribution in [2.45, 2.75) is 5.92 Å². The summed E-state index contributed by atoms with van der Waals surface area (Å²) in [6, 6.07) is 10.2. The minimum absolute atomic E-state index is 0.153. The Labute approximate surface area is 106 Å². The van der Waals surface area contributed by atoms with E-state index in [2.05, 4.69) is 23.2 Å². The van der Waals surface area contributed by atoms with Crippen molar-refractivity contribution in [2.75, 3.05) is 0 Å². The maximum absolute atomic E-state index is 11.6. The van der Waals surface area contributed by atoms with E-state index in [0.717, 1.165) is 5.71 Å². The van der Waals surface area contributed by atoms with Crippen LogP contribution in [0.1, 0.15) is 11.5 Å². The van der Waals surface area contributed by atoms with Crippen molar-refractivity contribution in [3.05, 3.63) is 72.4 Å². The molecule has 1 amide bonds. The third kappa shape index (κ3) is 1.97. The van der Waals surface area contributed by atoms with Gasteiger partial charge in [-0.25, -0.2) is 4.99 Å². The summed E-state index contributed by atoms with van der Waals surface area (Å²) in [4.78, 5) is 15.7. The van der Waals surface area contributed by atoms with Gasteiger partial charge in [0.15, 0.2) is 0 Å². The lowest BCUT2D eigenvalue weighted by atomic mass is 9.81. The number of benzene rings is 1. The van der Waals surface area contributed by atoms with E-state index >= 15 is 0 Å². The number of rotatable bonds is 1. The fourth-order valence-electron chi connectivity index (χ4n) is 2.43. The Balaban J connectivity index is 2.07. The SMILES string of the molecule is O=C1C=CC(c2ccccc2)C2C=CC=CC2=N1. The summed E-state index contributed by atoms with van der Waals surface area (Å²) in [6.07, 6.45) is 11.5. The van der Waals surface area contributed by atoms with Crippen LogP contribution >= 0.6 is 0 Å². The van der Waals surface area contributed by atoms with Crippen molar-refractivity contribution in [1.82, 2.24) is 0 Å². The quantitative estimate of drug-likeness (QED) is 0.735. The van der Waals surface area contributed by atoms with Crippen LogP contribution in [0, 0.1) is 5.92 Å². The Morgan fingerprint density at radius 1 is 0.889 bits per heavy atom. The van der Waals surface area contributed by atoms with Crippen molar-refractivity contribution in [3.8, 4) is 0 Å². The molecule has 2 nitrogen and oxygen atoms in total. The first-order valence-corrected chi connectivity index (χ1v) is 6.05. The number of hydrogen-bond donors (Lipinski definition) is 0. The Morgan fingerprint density at radius 2 is 1.72 bits per heavy atom. The van der Waals surface area contributed by atoms with Crippen LogP contribution in [0.2, 0.25) is 0 Å². The monoisotopic (exact) mass is 235 g/mol. The summed E-state index contributed by atoms with van der Waals surface area (Å²) in [7, 11) is 0. The summed E-state index contributed by atoms with van der Waals surface area (Å²) in [6.45, 7) is 0. The second-order valence-electron chi connectivity index (χ2n) is 4.44. The molecule has 0 fully saturated rings. The summed E-state index contributed by atoms with van der Waals surface area (Å²) in [5.74, 6) is 0.158. The highest BCUT2D eigenvalue weighted by atomic mass is 16.1. The van der Waals surface area contributed by atoms with Gasteiger partial charge in [-0.15, -0.1) is 0 Å². The Morgan fingerprint density at radius 3 is 2.56 bits per heavy atom. The molecule has 0 bridgehead atoms. The van der Waals surface area contributed by atoms with Gasteiger partial charge in [0.05, 0.1) is 5.71 Å². The van der Waals surface area contributed by atoms with Crippen LogP contribution in [0.3, 0.4) is 0 Å². The molecular weight excluding hydrogens is 222 g/mol. The van der Waals surface area contributed by atoms with Crippen LogP contribution in [0.25, 0.3) is 0 Å². The minimum Gasteiger partial charge on any atom is -0.267 e. The number of carbonyl (C=O) groups is 1. The van der Waals surface area contributed by atoms with Crippen LogP contribution in [0.4, 0.5) is 0 Å². The molecule has 0 saturated heterocycles. The average molecular weight is 235 g/mol. The predicted octanol–water partition coefficient (Wildman–Crippen LogP) is 3.05. The number of carbonyl (C=O) groups excluding carboxylic acids is 1.